The number of likely N-dealkylation sites (tertiary alicyclic amines) is 1. The van der Waals surface area contributed by atoms with Crippen LogP contribution in [0, 0.1) is 12.3 Å². The van der Waals surface area contributed by atoms with Gasteiger partial charge < -0.3 is 5.32 Å². The molecule has 0 saturated carbocycles. The maximum Gasteiger partial charge on any atom is 0.0304 e. The van der Waals surface area contributed by atoms with E-state index in [-0.39, 0.29) is 5.54 Å². The van der Waals surface area contributed by atoms with Crippen molar-refractivity contribution >= 4 is 11.3 Å². The Balaban J connectivity index is 1.94. The molecule has 0 bridgehead atoms. The molecule has 2 nitrogen and oxygen atoms in total. The van der Waals surface area contributed by atoms with Gasteiger partial charge in [-0.25, -0.2) is 0 Å². The molecule has 0 radical (unpaired) electrons. The van der Waals surface area contributed by atoms with Crippen molar-refractivity contribution in [2.45, 2.75) is 66.6 Å². The minimum absolute atomic E-state index is 0.192. The van der Waals surface area contributed by atoms with Crippen LogP contribution in [0.1, 0.15) is 56.4 Å². The van der Waals surface area contributed by atoms with Crippen LogP contribution < -0.4 is 5.32 Å². The molecule has 1 N–H and O–H groups in total. The summed E-state index contributed by atoms with van der Waals surface area (Å²) in [6.45, 7) is 18.3. The summed E-state index contributed by atoms with van der Waals surface area (Å²) < 4.78 is 0. The van der Waals surface area contributed by atoms with E-state index >= 15 is 0 Å². The second kappa shape index (κ2) is 5.78. The van der Waals surface area contributed by atoms with E-state index in [1.165, 1.54) is 34.8 Å². The SMILES string of the molecule is Cc1sc(CNC(C)(C)C)cc1CN1CCC(C)(C)C1. The zero-order chi connectivity index (χ0) is 15.0. The lowest BCUT2D eigenvalue weighted by Crippen LogP contribution is -2.34. The Morgan fingerprint density at radius 1 is 1.35 bits per heavy atom. The maximum absolute atomic E-state index is 3.58. The average molecular weight is 295 g/mol. The lowest BCUT2D eigenvalue weighted by atomic mass is 9.93. The highest BCUT2D eigenvalue weighted by molar-refractivity contribution is 7.12. The zero-order valence-corrected chi connectivity index (χ0v) is 14.8. The minimum atomic E-state index is 0.192. The van der Waals surface area contributed by atoms with E-state index in [0.29, 0.717) is 5.41 Å². The smallest absolute Gasteiger partial charge is 0.0304 e. The second-order valence-corrected chi connectivity index (χ2v) is 9.36. The van der Waals surface area contributed by atoms with Crippen LogP contribution in [0.5, 0.6) is 0 Å². The van der Waals surface area contributed by atoms with Crippen LogP contribution in [-0.4, -0.2) is 23.5 Å². The molecule has 0 aromatic carbocycles. The minimum Gasteiger partial charge on any atom is -0.307 e. The van der Waals surface area contributed by atoms with Crippen LogP contribution in [0.4, 0.5) is 0 Å². The predicted octanol–water partition coefficient (Wildman–Crippen LogP) is 4.18. The van der Waals surface area contributed by atoms with Crippen molar-refractivity contribution in [3.8, 4) is 0 Å². The monoisotopic (exact) mass is 294 g/mol. The Hall–Kier alpha value is -0.380. The van der Waals surface area contributed by atoms with Gasteiger partial charge in [-0.05, 0) is 57.7 Å². The van der Waals surface area contributed by atoms with E-state index < -0.39 is 0 Å². The van der Waals surface area contributed by atoms with E-state index in [2.05, 4.69) is 57.8 Å². The third-order valence-corrected chi connectivity index (χ3v) is 5.11. The molecule has 114 valence electrons. The Kier molecular flexibility index (Phi) is 4.63. The zero-order valence-electron chi connectivity index (χ0n) is 14.0. The summed E-state index contributed by atoms with van der Waals surface area (Å²) >= 11 is 1.95. The number of hydrogen-bond acceptors (Lipinski definition) is 3. The Morgan fingerprint density at radius 3 is 2.60 bits per heavy atom. The van der Waals surface area contributed by atoms with Gasteiger partial charge in [0.15, 0.2) is 0 Å². The van der Waals surface area contributed by atoms with Gasteiger partial charge in [-0.2, -0.15) is 0 Å². The Morgan fingerprint density at radius 2 is 2.05 bits per heavy atom. The predicted molar refractivity (Wildman–Crippen MR) is 89.3 cm³/mol. The molecule has 1 saturated heterocycles. The largest absolute Gasteiger partial charge is 0.307 e. The number of thiophene rings is 1. The molecule has 1 aromatic heterocycles. The van der Waals surface area contributed by atoms with Gasteiger partial charge in [0.05, 0.1) is 0 Å². The van der Waals surface area contributed by atoms with Crippen LogP contribution in [0.2, 0.25) is 0 Å². The van der Waals surface area contributed by atoms with Crippen LogP contribution in [0.15, 0.2) is 6.07 Å². The molecule has 0 unspecified atom stereocenters. The number of hydrogen-bond donors (Lipinski definition) is 1. The summed E-state index contributed by atoms with van der Waals surface area (Å²) in [4.78, 5) is 5.56. The van der Waals surface area contributed by atoms with Gasteiger partial charge in [0.2, 0.25) is 0 Å². The van der Waals surface area contributed by atoms with Crippen LogP contribution in [-0.2, 0) is 13.1 Å². The molecule has 0 atom stereocenters. The van der Waals surface area contributed by atoms with Gasteiger partial charge in [-0.1, -0.05) is 13.8 Å². The fourth-order valence-corrected chi connectivity index (χ4v) is 3.78. The van der Waals surface area contributed by atoms with Gasteiger partial charge in [0.25, 0.3) is 0 Å². The van der Waals surface area contributed by atoms with E-state index in [1.807, 2.05) is 11.3 Å². The van der Waals surface area contributed by atoms with E-state index in [0.717, 1.165) is 13.1 Å². The molecule has 2 heterocycles. The van der Waals surface area contributed by atoms with E-state index in [4.69, 9.17) is 0 Å². The van der Waals surface area contributed by atoms with Gasteiger partial charge in [0.1, 0.15) is 0 Å². The average Bonchev–Trinajstić information content (AvgIpc) is 2.80. The van der Waals surface area contributed by atoms with Gasteiger partial charge in [-0.3, -0.25) is 4.90 Å². The lowest BCUT2D eigenvalue weighted by molar-refractivity contribution is 0.284. The van der Waals surface area contributed by atoms with Crippen LogP contribution in [0.25, 0.3) is 0 Å². The normalized spacial score (nSPS) is 19.7. The van der Waals surface area contributed by atoms with Gasteiger partial charge in [-0.15, -0.1) is 11.3 Å². The first-order valence-electron chi connectivity index (χ1n) is 7.70. The number of rotatable bonds is 4. The molecule has 0 amide bonds. The molecule has 1 aliphatic heterocycles. The van der Waals surface area contributed by atoms with Crippen molar-refractivity contribution in [1.29, 1.82) is 0 Å². The summed E-state index contributed by atoms with van der Waals surface area (Å²) in [7, 11) is 0. The molecule has 20 heavy (non-hydrogen) atoms. The topological polar surface area (TPSA) is 15.3 Å². The molecule has 1 aromatic rings. The molecule has 1 fully saturated rings. The first-order chi connectivity index (χ1) is 9.15. The van der Waals surface area contributed by atoms with Crippen molar-refractivity contribution in [3.63, 3.8) is 0 Å². The second-order valence-electron chi connectivity index (χ2n) is 8.02. The van der Waals surface area contributed by atoms with Crippen molar-refractivity contribution in [2.75, 3.05) is 13.1 Å². The molecule has 1 aliphatic rings. The van der Waals surface area contributed by atoms with Crippen molar-refractivity contribution < 1.29 is 0 Å². The Bertz CT molecular complexity index is 454. The molecule has 0 spiro atoms. The molecule has 3 heteroatoms. The molecular formula is C17H30N2S. The quantitative estimate of drug-likeness (QED) is 0.896. The van der Waals surface area contributed by atoms with Crippen LogP contribution >= 0.6 is 11.3 Å². The third-order valence-electron chi connectivity index (χ3n) is 4.01. The van der Waals surface area contributed by atoms with Crippen LogP contribution in [0.3, 0.4) is 0 Å². The fraction of sp³-hybridized carbons (Fsp3) is 0.765. The molecule has 0 aliphatic carbocycles. The highest BCUT2D eigenvalue weighted by Crippen LogP contribution is 2.31. The molecular weight excluding hydrogens is 264 g/mol. The van der Waals surface area contributed by atoms with Gasteiger partial charge in [0, 0.05) is 34.9 Å². The maximum atomic E-state index is 3.58. The summed E-state index contributed by atoms with van der Waals surface area (Å²) in [6, 6.07) is 2.41. The number of aryl methyl sites for hydroxylation is 1. The van der Waals surface area contributed by atoms with E-state index in [9.17, 15) is 0 Å². The summed E-state index contributed by atoms with van der Waals surface area (Å²) in [5.74, 6) is 0. The first-order valence-corrected chi connectivity index (χ1v) is 8.52. The lowest BCUT2D eigenvalue weighted by Gasteiger charge is -2.20. The van der Waals surface area contributed by atoms with Crippen molar-refractivity contribution in [3.05, 3.63) is 21.4 Å². The molecule has 2 rings (SSSR count). The Labute approximate surface area is 128 Å². The van der Waals surface area contributed by atoms with Crippen molar-refractivity contribution in [2.24, 2.45) is 5.41 Å². The first kappa shape index (κ1) is 16.0. The summed E-state index contributed by atoms with van der Waals surface area (Å²) in [6.07, 6.45) is 1.33. The van der Waals surface area contributed by atoms with Gasteiger partial charge >= 0.3 is 0 Å². The standard InChI is InChI=1S/C17H30N2S/c1-13-14(11-19-8-7-17(5,6)12-19)9-15(20-13)10-18-16(2,3)4/h9,18H,7-8,10-12H2,1-6H3. The number of nitrogens with zero attached hydrogens (tertiary/aromatic N) is 1. The fourth-order valence-electron chi connectivity index (χ4n) is 2.78. The third kappa shape index (κ3) is 4.57. The summed E-state index contributed by atoms with van der Waals surface area (Å²) in [5.41, 5.74) is 2.22. The highest BCUT2D eigenvalue weighted by atomic mass is 32.1. The van der Waals surface area contributed by atoms with Crippen molar-refractivity contribution in [1.82, 2.24) is 10.2 Å². The van der Waals surface area contributed by atoms with E-state index in [1.54, 1.807) is 0 Å². The highest BCUT2D eigenvalue weighted by Gasteiger charge is 2.29. The number of nitrogens with one attached hydrogen (secondary N) is 1. The summed E-state index contributed by atoms with van der Waals surface area (Å²) in [5, 5.41) is 3.58.